The van der Waals surface area contributed by atoms with Crippen LogP contribution in [0.5, 0.6) is 0 Å². The van der Waals surface area contributed by atoms with Gasteiger partial charge in [0.1, 0.15) is 0 Å². The SMILES string of the molecule is C=Cc1cccc(-c2ccc(-c3ccccn3)cc2)c1.C=Cc1cccc(-c2ccc(-c3cccnc3)cc2)c1.C=Cc1cccc(-c2ccc(-c3ccncc3)cc2)c1.C=Cc1cccc(-c2cccc(-c3ccccn3)c2)c1.C=Cc1cccc(-c2cccc(-c3cccnc3)c2)c1.C=Cc1cccc(-c2cccc(-c3ccncc3)c2)c1.C=Cc1cccc(-c2ccccc2-c2ccncc2)c1. The number of hydrogen-bond donors (Lipinski definition) is 0. The van der Waals surface area contributed by atoms with E-state index in [0.717, 1.165) is 72.6 Å². The third-order valence-corrected chi connectivity index (χ3v) is 23.3. The first-order valence-electron chi connectivity index (χ1n) is 46.2. The molecule has 0 N–H and O–H groups in total. The lowest BCUT2D eigenvalue weighted by atomic mass is 9.94. The first-order valence-corrected chi connectivity index (χ1v) is 46.2. The van der Waals surface area contributed by atoms with Gasteiger partial charge in [-0.25, -0.2) is 0 Å². The maximum absolute atomic E-state index is 4.40. The summed E-state index contributed by atoms with van der Waals surface area (Å²) in [5.74, 6) is 0. The van der Waals surface area contributed by atoms with Gasteiger partial charge in [0.25, 0.3) is 0 Å². The molecule has 21 aromatic rings. The average Bonchev–Trinajstić information content (AvgIpc) is 0.815. The molecule has 0 aliphatic carbocycles. The second kappa shape index (κ2) is 50.4. The second-order valence-corrected chi connectivity index (χ2v) is 32.4. The molecule has 7 nitrogen and oxygen atoms in total. The summed E-state index contributed by atoms with van der Waals surface area (Å²) in [6, 6.07) is 150. The van der Waals surface area contributed by atoms with Crippen LogP contribution in [-0.4, -0.2) is 34.9 Å². The Bertz CT molecular complexity index is 7000. The van der Waals surface area contributed by atoms with Gasteiger partial charge in [-0.3, -0.25) is 34.9 Å². The summed E-state index contributed by atoms with van der Waals surface area (Å²) >= 11 is 0. The highest BCUT2D eigenvalue weighted by molar-refractivity contribution is 5.85. The fourth-order valence-corrected chi connectivity index (χ4v) is 15.8. The molecule has 0 fully saturated rings. The smallest absolute Gasteiger partial charge is 0.0702 e. The van der Waals surface area contributed by atoms with Crippen LogP contribution in [0, 0.1) is 0 Å². The fraction of sp³-hybridized carbons (Fsp3) is 0. The van der Waals surface area contributed by atoms with Crippen LogP contribution >= 0.6 is 0 Å². The minimum Gasteiger partial charge on any atom is -0.265 e. The lowest BCUT2D eigenvalue weighted by molar-refractivity contribution is 1.33. The molecule has 0 aliphatic heterocycles. The summed E-state index contributed by atoms with van der Waals surface area (Å²) in [5, 5.41) is 0. The van der Waals surface area contributed by atoms with Gasteiger partial charge in [-0.05, 0) is 300 Å². The molecule has 0 amide bonds. The third kappa shape index (κ3) is 27.1. The van der Waals surface area contributed by atoms with Crippen molar-refractivity contribution in [2.24, 2.45) is 0 Å². The van der Waals surface area contributed by atoms with Gasteiger partial charge in [0.15, 0.2) is 0 Å². The lowest BCUT2D eigenvalue weighted by Gasteiger charge is -2.10. The van der Waals surface area contributed by atoms with E-state index in [1.54, 1.807) is 12.4 Å². The van der Waals surface area contributed by atoms with E-state index >= 15 is 0 Å². The second-order valence-electron chi connectivity index (χ2n) is 32.4. The lowest BCUT2D eigenvalue weighted by Crippen LogP contribution is -1.85. The molecule has 0 atom stereocenters. The van der Waals surface area contributed by atoms with Crippen molar-refractivity contribution in [3.63, 3.8) is 0 Å². The van der Waals surface area contributed by atoms with Crippen LogP contribution in [0.25, 0.3) is 199 Å². The largest absolute Gasteiger partial charge is 0.265 e. The fourth-order valence-electron chi connectivity index (χ4n) is 15.8. The van der Waals surface area contributed by atoms with E-state index in [0.29, 0.717) is 0 Å². The van der Waals surface area contributed by atoms with Crippen LogP contribution in [0.15, 0.2) is 557 Å². The van der Waals surface area contributed by atoms with E-state index < -0.39 is 0 Å². The number of rotatable bonds is 21. The van der Waals surface area contributed by atoms with Gasteiger partial charge in [-0.15, -0.1) is 0 Å². The molecule has 7 aromatic heterocycles. The highest BCUT2D eigenvalue weighted by atomic mass is 14.7. The number of hydrogen-bond acceptors (Lipinski definition) is 7. The van der Waals surface area contributed by atoms with Crippen molar-refractivity contribution in [2.75, 3.05) is 0 Å². The Kier molecular flexibility index (Phi) is 34.5. The first-order chi connectivity index (χ1) is 69.1. The molecule has 0 spiro atoms. The monoisotopic (exact) mass is 1800 g/mol. The summed E-state index contributed by atoms with van der Waals surface area (Å²) in [5.41, 5.74) is 40.9. The molecule has 672 valence electrons. The van der Waals surface area contributed by atoms with Gasteiger partial charge < -0.3 is 0 Å². The summed E-state index contributed by atoms with van der Waals surface area (Å²) in [4.78, 5) is 29.3. The van der Waals surface area contributed by atoms with Gasteiger partial charge in [-0.1, -0.05) is 392 Å². The van der Waals surface area contributed by atoms with Crippen molar-refractivity contribution in [2.45, 2.75) is 0 Å². The van der Waals surface area contributed by atoms with E-state index in [2.05, 4.69) is 433 Å². The maximum atomic E-state index is 4.40. The summed E-state index contributed by atoms with van der Waals surface area (Å²) in [6.45, 7) is 26.7. The zero-order chi connectivity index (χ0) is 96.5. The Balaban J connectivity index is 0.000000124. The number of pyridine rings is 7. The van der Waals surface area contributed by atoms with Crippen LogP contribution in [-0.2, 0) is 0 Å². The van der Waals surface area contributed by atoms with Gasteiger partial charge in [-0.2, -0.15) is 0 Å². The zero-order valence-corrected chi connectivity index (χ0v) is 78.1. The minimum atomic E-state index is 0.995. The van der Waals surface area contributed by atoms with Crippen molar-refractivity contribution in [3.05, 3.63) is 596 Å². The molecule has 140 heavy (non-hydrogen) atoms. The van der Waals surface area contributed by atoms with Crippen molar-refractivity contribution in [3.8, 4) is 156 Å². The van der Waals surface area contributed by atoms with Gasteiger partial charge in [0.05, 0.1) is 11.4 Å². The topological polar surface area (TPSA) is 90.2 Å². The van der Waals surface area contributed by atoms with Crippen LogP contribution in [0.2, 0.25) is 0 Å². The zero-order valence-electron chi connectivity index (χ0n) is 78.1. The molecule has 0 bridgehead atoms. The van der Waals surface area contributed by atoms with Crippen LogP contribution < -0.4 is 0 Å². The average molecular weight is 1800 g/mol. The molecule has 0 aliphatic rings. The van der Waals surface area contributed by atoms with Crippen LogP contribution in [0.1, 0.15) is 38.9 Å². The molecule has 14 aromatic carbocycles. The summed E-state index contributed by atoms with van der Waals surface area (Å²) in [7, 11) is 0. The molecule has 0 unspecified atom stereocenters. The quantitative estimate of drug-likeness (QED) is 0.0708. The standard InChI is InChI=1S/7C19H15N/c1-2-15-6-3-7-16(12-15)17-8-4-9-18(13-17)19-10-5-11-20-14-19;1-2-15-5-3-6-18(13-15)16-8-10-17(11-9-16)19-7-4-12-20-14-19;1-2-15-5-3-6-17(13-15)19-8-4-7-18(14-19)16-9-11-20-12-10-16;1-2-15-7-5-8-16(13-15)17-9-6-10-18(14-17)19-11-3-4-12-20-19;1-2-15-6-5-7-18(14-15)16-9-11-17(12-10-16)19-8-3-4-13-20-19;1-2-15-6-5-7-17(14-15)19-9-4-3-8-18(19)16-10-12-20-13-11-16;1-2-15-4-3-5-19(14-15)17-8-6-16(7-9-17)18-10-12-20-13-11-18/h7*2-14H,1H2. The molecule has 0 saturated carbocycles. The number of aromatic nitrogens is 7. The third-order valence-electron chi connectivity index (χ3n) is 23.3. The Labute approximate surface area is 823 Å². The highest BCUT2D eigenvalue weighted by Crippen LogP contribution is 2.36. The normalized spacial score (nSPS) is 10.2. The van der Waals surface area contributed by atoms with Crippen LogP contribution in [0.4, 0.5) is 0 Å². The van der Waals surface area contributed by atoms with E-state index in [1.807, 2.05) is 189 Å². The van der Waals surface area contributed by atoms with Crippen LogP contribution in [0.3, 0.4) is 0 Å². The van der Waals surface area contributed by atoms with Gasteiger partial charge in [0.2, 0.25) is 0 Å². The van der Waals surface area contributed by atoms with Crippen molar-refractivity contribution in [1.29, 1.82) is 0 Å². The summed E-state index contributed by atoms with van der Waals surface area (Å²) in [6.07, 6.45) is 35.0. The predicted octanol–water partition coefficient (Wildman–Crippen LogP) is 35.4. The van der Waals surface area contributed by atoms with E-state index in [4.69, 9.17) is 0 Å². The molecule has 7 heteroatoms. The molecular formula is C133H105N7. The Morgan fingerprint density at radius 3 is 0.664 bits per heavy atom. The Hall–Kier alpha value is -18.7. The number of nitrogens with zero attached hydrogens (tertiary/aromatic N) is 7. The predicted molar refractivity (Wildman–Crippen MR) is 596 cm³/mol. The molecule has 7 heterocycles. The molecular weight excluding hydrogens is 1700 g/mol. The Morgan fingerprint density at radius 1 is 0.129 bits per heavy atom. The molecule has 21 rings (SSSR count). The van der Waals surface area contributed by atoms with Gasteiger partial charge >= 0.3 is 0 Å². The highest BCUT2D eigenvalue weighted by Gasteiger charge is 2.12. The van der Waals surface area contributed by atoms with Crippen molar-refractivity contribution >= 4 is 42.5 Å². The van der Waals surface area contributed by atoms with E-state index in [1.165, 1.54) is 122 Å². The Morgan fingerprint density at radius 2 is 0.343 bits per heavy atom. The molecule has 0 radical (unpaired) electrons. The van der Waals surface area contributed by atoms with Crippen molar-refractivity contribution in [1.82, 2.24) is 34.9 Å². The minimum absolute atomic E-state index is 0.995. The maximum Gasteiger partial charge on any atom is 0.0702 e. The van der Waals surface area contributed by atoms with Gasteiger partial charge in [0, 0.05) is 91.1 Å². The molecule has 0 saturated heterocycles. The van der Waals surface area contributed by atoms with E-state index in [-0.39, 0.29) is 0 Å². The summed E-state index contributed by atoms with van der Waals surface area (Å²) < 4.78 is 0. The van der Waals surface area contributed by atoms with Crippen molar-refractivity contribution < 1.29 is 0 Å². The van der Waals surface area contributed by atoms with E-state index in [9.17, 15) is 0 Å². The number of benzene rings is 14. The first kappa shape index (κ1) is 95.9.